The van der Waals surface area contributed by atoms with E-state index >= 15 is 0 Å². The Kier molecular flexibility index (Phi) is 4.37. The average Bonchev–Trinajstić information content (AvgIpc) is 2.46. The first kappa shape index (κ1) is 13.6. The Morgan fingerprint density at radius 2 is 2.05 bits per heavy atom. The number of carbonyl (C=O) groups excluding carboxylic acids is 1. The Morgan fingerprint density at radius 3 is 2.80 bits per heavy atom. The van der Waals surface area contributed by atoms with Crippen molar-refractivity contribution in [1.29, 1.82) is 0 Å². The van der Waals surface area contributed by atoms with Gasteiger partial charge in [-0.3, -0.25) is 4.79 Å². The molecule has 0 aliphatic heterocycles. The van der Waals surface area contributed by atoms with Crippen molar-refractivity contribution < 1.29 is 4.79 Å². The predicted molar refractivity (Wildman–Crippen MR) is 77.6 cm³/mol. The molecule has 2 aromatic carbocycles. The van der Waals surface area contributed by atoms with Crippen LogP contribution in [0.4, 0.5) is 5.69 Å². The van der Waals surface area contributed by atoms with Crippen molar-refractivity contribution in [3.05, 3.63) is 75.7 Å². The summed E-state index contributed by atoms with van der Waals surface area (Å²) < 4.78 is 0. The quantitative estimate of drug-likeness (QED) is 0.509. The molecule has 0 spiro atoms. The molecule has 100 valence electrons. The lowest BCUT2D eigenvalue weighted by atomic mass is 10.1. The summed E-state index contributed by atoms with van der Waals surface area (Å²) in [5, 5.41) is 6.34. The highest BCUT2D eigenvalue weighted by Gasteiger charge is 2.09. The molecule has 0 aliphatic rings. The number of amides is 1. The number of azide groups is 1. The van der Waals surface area contributed by atoms with E-state index in [-0.39, 0.29) is 5.91 Å². The normalized spacial score (nSPS) is 9.65. The summed E-state index contributed by atoms with van der Waals surface area (Å²) in [7, 11) is 0. The van der Waals surface area contributed by atoms with Crippen LogP contribution in [0.25, 0.3) is 10.4 Å². The molecule has 0 radical (unpaired) electrons. The Bertz CT molecular complexity index is 675. The van der Waals surface area contributed by atoms with Crippen molar-refractivity contribution in [2.75, 3.05) is 0 Å². The number of nitrogens with zero attached hydrogens (tertiary/aromatic N) is 3. The first-order valence-corrected chi connectivity index (χ1v) is 6.18. The molecule has 0 aliphatic carbocycles. The van der Waals surface area contributed by atoms with Crippen molar-refractivity contribution in [3.8, 4) is 0 Å². The van der Waals surface area contributed by atoms with Crippen LogP contribution in [-0.4, -0.2) is 5.91 Å². The van der Waals surface area contributed by atoms with E-state index in [1.54, 1.807) is 24.3 Å². The molecular formula is C15H14N4O. The Labute approximate surface area is 116 Å². The smallest absolute Gasteiger partial charge is 0.252 e. The second-order valence-electron chi connectivity index (χ2n) is 4.38. The molecule has 20 heavy (non-hydrogen) atoms. The Balaban J connectivity index is 2.11. The van der Waals surface area contributed by atoms with Crippen LogP contribution < -0.4 is 5.32 Å². The van der Waals surface area contributed by atoms with Crippen LogP contribution in [0.3, 0.4) is 0 Å². The summed E-state index contributed by atoms with van der Waals surface area (Å²) >= 11 is 0. The first-order chi connectivity index (χ1) is 9.70. The van der Waals surface area contributed by atoms with E-state index in [0.29, 0.717) is 17.8 Å². The number of aryl methyl sites for hydroxylation is 1. The largest absolute Gasteiger partial charge is 0.348 e. The molecule has 2 aromatic rings. The zero-order chi connectivity index (χ0) is 14.4. The van der Waals surface area contributed by atoms with Gasteiger partial charge in [0.25, 0.3) is 5.91 Å². The number of nitrogens with one attached hydrogen (secondary N) is 1. The summed E-state index contributed by atoms with van der Waals surface area (Å²) in [6, 6.07) is 14.6. The van der Waals surface area contributed by atoms with Gasteiger partial charge in [-0.2, -0.15) is 0 Å². The number of rotatable bonds is 4. The summed E-state index contributed by atoms with van der Waals surface area (Å²) in [6.45, 7) is 2.44. The number of carbonyl (C=O) groups is 1. The minimum atomic E-state index is -0.255. The zero-order valence-corrected chi connectivity index (χ0v) is 11.1. The van der Waals surface area contributed by atoms with Gasteiger partial charge in [0.2, 0.25) is 0 Å². The van der Waals surface area contributed by atoms with Gasteiger partial charge in [-0.05, 0) is 24.1 Å². The van der Waals surface area contributed by atoms with E-state index in [1.807, 2.05) is 31.2 Å². The van der Waals surface area contributed by atoms with Gasteiger partial charge in [0.1, 0.15) is 0 Å². The number of benzene rings is 2. The Hall–Kier alpha value is -2.78. The predicted octanol–water partition coefficient (Wildman–Crippen LogP) is 3.87. The Morgan fingerprint density at radius 1 is 1.25 bits per heavy atom. The summed E-state index contributed by atoms with van der Waals surface area (Å²) in [5.74, 6) is -0.255. The maximum Gasteiger partial charge on any atom is 0.252 e. The van der Waals surface area contributed by atoms with E-state index in [2.05, 4.69) is 15.3 Å². The molecule has 2 rings (SSSR count). The van der Waals surface area contributed by atoms with Crippen LogP contribution in [0.15, 0.2) is 53.6 Å². The van der Waals surface area contributed by atoms with Crippen molar-refractivity contribution in [3.63, 3.8) is 0 Å². The standard InChI is InChI=1S/C15H14N4O/c1-11-5-4-6-12(9-11)10-17-15(20)13-7-2-3-8-14(13)18-19-16/h2-9H,10H2,1H3,(H,17,20). The monoisotopic (exact) mass is 266 g/mol. The van der Waals surface area contributed by atoms with E-state index in [0.717, 1.165) is 11.1 Å². The molecule has 0 atom stereocenters. The molecule has 1 N–H and O–H groups in total. The maximum atomic E-state index is 12.1. The molecule has 1 amide bonds. The fourth-order valence-corrected chi connectivity index (χ4v) is 1.90. The van der Waals surface area contributed by atoms with Crippen molar-refractivity contribution in [1.82, 2.24) is 5.32 Å². The molecule has 5 heteroatoms. The lowest BCUT2D eigenvalue weighted by Crippen LogP contribution is -2.22. The molecule has 0 saturated carbocycles. The fourth-order valence-electron chi connectivity index (χ4n) is 1.90. The van der Waals surface area contributed by atoms with E-state index in [4.69, 9.17) is 5.53 Å². The third-order valence-electron chi connectivity index (χ3n) is 2.84. The second-order valence-corrected chi connectivity index (χ2v) is 4.38. The van der Waals surface area contributed by atoms with Crippen LogP contribution >= 0.6 is 0 Å². The molecule has 0 unspecified atom stereocenters. The second kappa shape index (κ2) is 6.41. The minimum absolute atomic E-state index is 0.255. The van der Waals surface area contributed by atoms with Crippen LogP contribution in [0.5, 0.6) is 0 Å². The van der Waals surface area contributed by atoms with Crippen LogP contribution in [-0.2, 0) is 6.54 Å². The van der Waals surface area contributed by atoms with Crippen molar-refractivity contribution in [2.45, 2.75) is 13.5 Å². The van der Waals surface area contributed by atoms with Crippen LogP contribution in [0, 0.1) is 6.92 Å². The summed E-state index contributed by atoms with van der Waals surface area (Å²) in [4.78, 5) is 14.8. The van der Waals surface area contributed by atoms with Gasteiger partial charge < -0.3 is 5.32 Å². The third-order valence-corrected chi connectivity index (χ3v) is 2.84. The summed E-state index contributed by atoms with van der Waals surface area (Å²) in [5.41, 5.74) is 11.4. The highest BCUT2D eigenvalue weighted by atomic mass is 16.1. The lowest BCUT2D eigenvalue weighted by molar-refractivity contribution is 0.0951. The fraction of sp³-hybridized carbons (Fsp3) is 0.133. The summed E-state index contributed by atoms with van der Waals surface area (Å²) in [6.07, 6.45) is 0. The van der Waals surface area contributed by atoms with Gasteiger partial charge in [0, 0.05) is 17.0 Å². The molecular weight excluding hydrogens is 252 g/mol. The first-order valence-electron chi connectivity index (χ1n) is 6.18. The topological polar surface area (TPSA) is 77.9 Å². The molecule has 0 fully saturated rings. The highest BCUT2D eigenvalue weighted by Crippen LogP contribution is 2.18. The SMILES string of the molecule is Cc1cccc(CNC(=O)c2ccccc2N=[N+]=[N-])c1. The molecule has 0 aromatic heterocycles. The lowest BCUT2D eigenvalue weighted by Gasteiger charge is -2.07. The van der Waals surface area contributed by atoms with Gasteiger partial charge in [-0.15, -0.1) is 0 Å². The van der Waals surface area contributed by atoms with Crippen LogP contribution in [0.2, 0.25) is 0 Å². The van der Waals surface area contributed by atoms with Gasteiger partial charge in [0.05, 0.1) is 5.69 Å². The molecule has 5 nitrogen and oxygen atoms in total. The maximum absolute atomic E-state index is 12.1. The average molecular weight is 266 g/mol. The van der Waals surface area contributed by atoms with Crippen molar-refractivity contribution in [2.24, 2.45) is 5.11 Å². The molecule has 0 heterocycles. The zero-order valence-electron chi connectivity index (χ0n) is 11.1. The van der Waals surface area contributed by atoms with Gasteiger partial charge in [-0.1, -0.05) is 53.1 Å². The minimum Gasteiger partial charge on any atom is -0.348 e. The van der Waals surface area contributed by atoms with E-state index < -0.39 is 0 Å². The third kappa shape index (κ3) is 3.37. The van der Waals surface area contributed by atoms with E-state index in [1.165, 1.54) is 0 Å². The molecule has 0 bridgehead atoms. The van der Waals surface area contributed by atoms with Crippen molar-refractivity contribution >= 4 is 11.6 Å². The number of hydrogen-bond acceptors (Lipinski definition) is 2. The van der Waals surface area contributed by atoms with E-state index in [9.17, 15) is 4.79 Å². The van der Waals surface area contributed by atoms with Gasteiger partial charge in [0.15, 0.2) is 0 Å². The van der Waals surface area contributed by atoms with Gasteiger partial charge in [-0.25, -0.2) is 0 Å². The van der Waals surface area contributed by atoms with Gasteiger partial charge >= 0.3 is 0 Å². The highest BCUT2D eigenvalue weighted by molar-refractivity contribution is 5.98. The van der Waals surface area contributed by atoms with Crippen LogP contribution in [0.1, 0.15) is 21.5 Å². The number of hydrogen-bond donors (Lipinski definition) is 1. The molecule has 0 saturated heterocycles.